The van der Waals surface area contributed by atoms with E-state index in [1.54, 1.807) is 35.2 Å². The number of nitro groups is 1. The molecule has 0 aliphatic rings. The van der Waals surface area contributed by atoms with Gasteiger partial charge in [0.15, 0.2) is 0 Å². The first-order chi connectivity index (χ1) is 6.79. The fourth-order valence-electron chi connectivity index (χ4n) is 1.21. The maximum atomic E-state index is 10.7. The molecule has 2 heterocycles. The van der Waals surface area contributed by atoms with Crippen LogP contribution in [0.5, 0.6) is 0 Å². The average molecular weight is 189 g/mol. The lowest BCUT2D eigenvalue weighted by atomic mass is 10.4. The van der Waals surface area contributed by atoms with Crippen molar-refractivity contribution in [3.8, 4) is 5.82 Å². The Morgan fingerprint density at radius 2 is 2.00 bits per heavy atom. The molecule has 0 saturated carbocycles. The van der Waals surface area contributed by atoms with Crippen molar-refractivity contribution in [2.45, 2.75) is 0 Å². The van der Waals surface area contributed by atoms with Crippen LogP contribution >= 0.6 is 0 Å². The minimum atomic E-state index is -0.442. The molecule has 5 nitrogen and oxygen atoms in total. The smallest absolute Gasteiger partial charge is 0.303 e. The molecule has 0 saturated heterocycles. The third-order valence-electron chi connectivity index (χ3n) is 1.81. The summed E-state index contributed by atoms with van der Waals surface area (Å²) in [6.07, 6.45) is 4.97. The zero-order valence-electron chi connectivity index (χ0n) is 7.20. The van der Waals surface area contributed by atoms with Gasteiger partial charge < -0.3 is 4.57 Å². The summed E-state index contributed by atoms with van der Waals surface area (Å²) >= 11 is 0. The normalized spacial score (nSPS) is 10.0. The van der Waals surface area contributed by atoms with Crippen molar-refractivity contribution in [1.82, 2.24) is 9.55 Å². The molecule has 0 bridgehead atoms. The SMILES string of the molecule is O=[N+]([O-])c1cccnc1-n1cccc1. The van der Waals surface area contributed by atoms with Crippen LogP contribution in [0.25, 0.3) is 5.82 Å². The Morgan fingerprint density at radius 3 is 2.64 bits per heavy atom. The van der Waals surface area contributed by atoms with Crippen LogP contribution in [-0.2, 0) is 0 Å². The van der Waals surface area contributed by atoms with Crippen molar-refractivity contribution in [2.24, 2.45) is 0 Å². The van der Waals surface area contributed by atoms with Crippen LogP contribution in [-0.4, -0.2) is 14.5 Å². The van der Waals surface area contributed by atoms with Crippen molar-refractivity contribution >= 4 is 5.69 Å². The van der Waals surface area contributed by atoms with Crippen LogP contribution in [0.2, 0.25) is 0 Å². The highest BCUT2D eigenvalue weighted by molar-refractivity contribution is 5.46. The van der Waals surface area contributed by atoms with E-state index in [1.165, 1.54) is 12.3 Å². The zero-order valence-corrected chi connectivity index (χ0v) is 7.20. The monoisotopic (exact) mass is 189 g/mol. The number of pyridine rings is 1. The second kappa shape index (κ2) is 3.29. The first kappa shape index (κ1) is 8.43. The fourth-order valence-corrected chi connectivity index (χ4v) is 1.21. The van der Waals surface area contributed by atoms with Crippen molar-refractivity contribution in [2.75, 3.05) is 0 Å². The van der Waals surface area contributed by atoms with Gasteiger partial charge >= 0.3 is 5.69 Å². The Bertz CT molecular complexity index is 451. The third kappa shape index (κ3) is 1.35. The highest BCUT2D eigenvalue weighted by Crippen LogP contribution is 2.18. The van der Waals surface area contributed by atoms with Crippen LogP contribution < -0.4 is 0 Å². The van der Waals surface area contributed by atoms with Gasteiger partial charge in [0.25, 0.3) is 0 Å². The van der Waals surface area contributed by atoms with E-state index in [4.69, 9.17) is 0 Å². The molecule has 0 N–H and O–H groups in total. The number of rotatable bonds is 2. The Labute approximate surface area is 79.8 Å². The van der Waals surface area contributed by atoms with Gasteiger partial charge in [0, 0.05) is 24.7 Å². The largest absolute Gasteiger partial charge is 0.312 e. The average Bonchev–Trinajstić information content (AvgIpc) is 2.70. The predicted octanol–water partition coefficient (Wildman–Crippen LogP) is 1.78. The van der Waals surface area contributed by atoms with E-state index in [2.05, 4.69) is 4.98 Å². The van der Waals surface area contributed by atoms with Gasteiger partial charge in [-0.25, -0.2) is 4.98 Å². The third-order valence-corrected chi connectivity index (χ3v) is 1.81. The summed E-state index contributed by atoms with van der Waals surface area (Å²) in [4.78, 5) is 14.2. The number of hydrogen-bond acceptors (Lipinski definition) is 3. The quantitative estimate of drug-likeness (QED) is 0.534. The van der Waals surface area contributed by atoms with E-state index in [-0.39, 0.29) is 5.69 Å². The molecular weight excluding hydrogens is 182 g/mol. The lowest BCUT2D eigenvalue weighted by Gasteiger charge is -2.01. The molecule has 2 rings (SSSR count). The minimum Gasteiger partial charge on any atom is -0.303 e. The molecule has 0 spiro atoms. The summed E-state index contributed by atoms with van der Waals surface area (Å²) in [6.45, 7) is 0. The maximum Gasteiger partial charge on any atom is 0.312 e. The minimum absolute atomic E-state index is 0.00343. The van der Waals surface area contributed by atoms with Crippen LogP contribution in [0, 0.1) is 10.1 Å². The Morgan fingerprint density at radius 1 is 1.29 bits per heavy atom. The standard InChI is InChI=1S/C9H7N3O2/c13-12(14)8-4-3-5-10-9(8)11-6-1-2-7-11/h1-7H. The summed E-state index contributed by atoms with van der Waals surface area (Å²) in [7, 11) is 0. The van der Waals surface area contributed by atoms with E-state index < -0.39 is 4.92 Å². The molecule has 0 radical (unpaired) electrons. The maximum absolute atomic E-state index is 10.7. The van der Waals surface area contributed by atoms with E-state index in [1.807, 2.05) is 0 Å². The molecule has 2 aromatic rings. The molecule has 14 heavy (non-hydrogen) atoms. The van der Waals surface area contributed by atoms with Gasteiger partial charge in [-0.3, -0.25) is 10.1 Å². The van der Waals surface area contributed by atoms with Crippen molar-refractivity contribution in [3.63, 3.8) is 0 Å². The highest BCUT2D eigenvalue weighted by Gasteiger charge is 2.14. The van der Waals surface area contributed by atoms with Gasteiger partial charge in [0.05, 0.1) is 4.92 Å². The molecule has 70 valence electrons. The van der Waals surface area contributed by atoms with Crippen molar-refractivity contribution < 1.29 is 4.92 Å². The topological polar surface area (TPSA) is 61.0 Å². The lowest BCUT2D eigenvalue weighted by Crippen LogP contribution is -2.00. The molecule has 0 atom stereocenters. The van der Waals surface area contributed by atoms with E-state index in [0.29, 0.717) is 5.82 Å². The second-order valence-electron chi connectivity index (χ2n) is 2.69. The first-order valence-electron chi connectivity index (χ1n) is 4.02. The molecule has 0 amide bonds. The molecule has 0 aliphatic heterocycles. The van der Waals surface area contributed by atoms with Crippen LogP contribution in [0.4, 0.5) is 5.69 Å². The molecule has 2 aromatic heterocycles. The molecule has 0 fully saturated rings. The van der Waals surface area contributed by atoms with E-state index in [9.17, 15) is 10.1 Å². The van der Waals surface area contributed by atoms with Gasteiger partial charge in [0.2, 0.25) is 5.82 Å². The van der Waals surface area contributed by atoms with Crippen LogP contribution in [0.3, 0.4) is 0 Å². The summed E-state index contributed by atoms with van der Waals surface area (Å²) in [5.41, 5.74) is 0.00343. The Hall–Kier alpha value is -2.17. The summed E-state index contributed by atoms with van der Waals surface area (Å²) in [5.74, 6) is 0.336. The number of hydrogen-bond donors (Lipinski definition) is 0. The molecular formula is C9H7N3O2. The lowest BCUT2D eigenvalue weighted by molar-refractivity contribution is -0.384. The zero-order chi connectivity index (χ0) is 9.97. The van der Waals surface area contributed by atoms with Gasteiger partial charge in [-0.15, -0.1) is 0 Å². The second-order valence-corrected chi connectivity index (χ2v) is 2.69. The van der Waals surface area contributed by atoms with Crippen LogP contribution in [0.15, 0.2) is 42.9 Å². The molecule has 0 aliphatic carbocycles. The molecule has 0 unspecified atom stereocenters. The predicted molar refractivity (Wildman–Crippen MR) is 50.2 cm³/mol. The van der Waals surface area contributed by atoms with E-state index >= 15 is 0 Å². The Balaban J connectivity index is 2.58. The first-order valence-corrected chi connectivity index (χ1v) is 4.02. The number of nitrogens with zero attached hydrogens (tertiary/aromatic N) is 3. The van der Waals surface area contributed by atoms with Crippen LogP contribution in [0.1, 0.15) is 0 Å². The Kier molecular flexibility index (Phi) is 1.98. The summed E-state index contributed by atoms with van der Waals surface area (Å²) in [6, 6.07) is 6.56. The fraction of sp³-hybridized carbons (Fsp3) is 0. The van der Waals surface area contributed by atoms with Crippen molar-refractivity contribution in [3.05, 3.63) is 53.0 Å². The van der Waals surface area contributed by atoms with Gasteiger partial charge in [-0.05, 0) is 18.2 Å². The number of aromatic nitrogens is 2. The summed E-state index contributed by atoms with van der Waals surface area (Å²) in [5, 5.41) is 10.7. The highest BCUT2D eigenvalue weighted by atomic mass is 16.6. The molecule has 5 heteroatoms. The molecule has 0 aromatic carbocycles. The van der Waals surface area contributed by atoms with Gasteiger partial charge in [-0.2, -0.15) is 0 Å². The summed E-state index contributed by atoms with van der Waals surface area (Å²) < 4.78 is 1.61. The van der Waals surface area contributed by atoms with Crippen molar-refractivity contribution in [1.29, 1.82) is 0 Å². The van der Waals surface area contributed by atoms with E-state index in [0.717, 1.165) is 0 Å². The van der Waals surface area contributed by atoms with Gasteiger partial charge in [-0.1, -0.05) is 0 Å². The van der Waals surface area contributed by atoms with Gasteiger partial charge in [0.1, 0.15) is 0 Å².